The third-order valence-electron chi connectivity index (χ3n) is 2.94. The van der Waals surface area contributed by atoms with Crippen LogP contribution in [0.4, 0.5) is 25.0 Å². The fourth-order valence-electron chi connectivity index (χ4n) is 1.69. The van der Waals surface area contributed by atoms with E-state index in [1.165, 1.54) is 6.07 Å². The van der Waals surface area contributed by atoms with Crippen molar-refractivity contribution in [2.75, 3.05) is 10.6 Å². The molecule has 0 aliphatic rings. The monoisotopic (exact) mass is 276 g/mol. The molecule has 0 radical (unpaired) electrons. The van der Waals surface area contributed by atoms with Crippen molar-refractivity contribution in [3.8, 4) is 0 Å². The Morgan fingerprint density at radius 2 is 1.45 bits per heavy atom. The second-order valence-electron chi connectivity index (χ2n) is 4.51. The van der Waals surface area contributed by atoms with Gasteiger partial charge in [0.05, 0.1) is 0 Å². The molecule has 0 saturated heterocycles. The zero-order valence-corrected chi connectivity index (χ0v) is 11.1. The van der Waals surface area contributed by atoms with Crippen LogP contribution in [0, 0.1) is 25.5 Å². The standard InChI is InChI=1S/C15H14F2N2O/c1-9-3-4-11(7-10(9)2)18-15(20)19-12-5-6-13(16)14(17)8-12/h3-8H,1-2H3,(H2,18,19,20). The van der Waals surface area contributed by atoms with Crippen molar-refractivity contribution in [3.63, 3.8) is 0 Å². The van der Waals surface area contributed by atoms with Gasteiger partial charge in [-0.25, -0.2) is 13.6 Å². The molecule has 104 valence electrons. The highest BCUT2D eigenvalue weighted by molar-refractivity contribution is 5.99. The van der Waals surface area contributed by atoms with Crippen LogP contribution in [-0.2, 0) is 0 Å². The fraction of sp³-hybridized carbons (Fsp3) is 0.133. The van der Waals surface area contributed by atoms with E-state index in [1.807, 2.05) is 26.0 Å². The predicted octanol–water partition coefficient (Wildman–Crippen LogP) is 4.23. The van der Waals surface area contributed by atoms with Crippen LogP contribution in [0.2, 0.25) is 0 Å². The van der Waals surface area contributed by atoms with E-state index in [1.54, 1.807) is 6.07 Å². The van der Waals surface area contributed by atoms with Gasteiger partial charge in [-0.3, -0.25) is 0 Å². The van der Waals surface area contributed by atoms with E-state index in [2.05, 4.69) is 10.6 Å². The number of hydrogen-bond acceptors (Lipinski definition) is 1. The zero-order valence-electron chi connectivity index (χ0n) is 11.1. The van der Waals surface area contributed by atoms with Crippen LogP contribution in [0.15, 0.2) is 36.4 Å². The van der Waals surface area contributed by atoms with Crippen molar-refractivity contribution in [2.45, 2.75) is 13.8 Å². The van der Waals surface area contributed by atoms with Gasteiger partial charge in [-0.1, -0.05) is 6.07 Å². The summed E-state index contributed by atoms with van der Waals surface area (Å²) in [5, 5.41) is 5.06. The average Bonchev–Trinajstić information content (AvgIpc) is 2.38. The molecule has 5 heteroatoms. The Bertz CT molecular complexity index is 601. The molecule has 0 aliphatic heterocycles. The van der Waals surface area contributed by atoms with Gasteiger partial charge in [0, 0.05) is 17.4 Å². The number of benzene rings is 2. The normalized spacial score (nSPS) is 10.2. The lowest BCUT2D eigenvalue weighted by Crippen LogP contribution is -2.19. The second kappa shape index (κ2) is 5.69. The van der Waals surface area contributed by atoms with Crippen LogP contribution in [0.25, 0.3) is 0 Å². The quantitative estimate of drug-likeness (QED) is 0.847. The van der Waals surface area contributed by atoms with E-state index in [9.17, 15) is 13.6 Å². The van der Waals surface area contributed by atoms with E-state index in [4.69, 9.17) is 0 Å². The Hall–Kier alpha value is -2.43. The summed E-state index contributed by atoms with van der Waals surface area (Å²) in [5.74, 6) is -1.96. The lowest BCUT2D eigenvalue weighted by atomic mass is 10.1. The van der Waals surface area contributed by atoms with Gasteiger partial charge in [-0.2, -0.15) is 0 Å². The molecule has 2 aromatic carbocycles. The lowest BCUT2D eigenvalue weighted by molar-refractivity contribution is 0.262. The first-order chi connectivity index (χ1) is 9.45. The van der Waals surface area contributed by atoms with Crippen molar-refractivity contribution in [2.24, 2.45) is 0 Å². The molecule has 2 amide bonds. The van der Waals surface area contributed by atoms with Crippen LogP contribution in [-0.4, -0.2) is 6.03 Å². The van der Waals surface area contributed by atoms with Crippen LogP contribution in [0.5, 0.6) is 0 Å². The Morgan fingerprint density at radius 1 is 0.850 bits per heavy atom. The third-order valence-corrected chi connectivity index (χ3v) is 2.94. The van der Waals surface area contributed by atoms with Crippen molar-refractivity contribution in [1.82, 2.24) is 0 Å². The molecule has 0 fully saturated rings. The van der Waals surface area contributed by atoms with Crippen LogP contribution >= 0.6 is 0 Å². The number of nitrogens with one attached hydrogen (secondary N) is 2. The van der Waals surface area contributed by atoms with Crippen molar-refractivity contribution < 1.29 is 13.6 Å². The van der Waals surface area contributed by atoms with Crippen molar-refractivity contribution in [1.29, 1.82) is 0 Å². The minimum Gasteiger partial charge on any atom is -0.308 e. The maximum Gasteiger partial charge on any atom is 0.323 e. The van der Waals surface area contributed by atoms with Crippen molar-refractivity contribution >= 4 is 17.4 Å². The van der Waals surface area contributed by atoms with Crippen LogP contribution < -0.4 is 10.6 Å². The van der Waals surface area contributed by atoms with Gasteiger partial charge in [0.25, 0.3) is 0 Å². The SMILES string of the molecule is Cc1ccc(NC(=O)Nc2ccc(F)c(F)c2)cc1C. The minimum absolute atomic E-state index is 0.185. The lowest BCUT2D eigenvalue weighted by Gasteiger charge is -2.09. The number of urea groups is 1. The summed E-state index contributed by atoms with van der Waals surface area (Å²) >= 11 is 0. The van der Waals surface area contributed by atoms with Crippen LogP contribution in [0.3, 0.4) is 0 Å². The van der Waals surface area contributed by atoms with Gasteiger partial charge < -0.3 is 10.6 Å². The Balaban J connectivity index is 2.04. The predicted molar refractivity (Wildman–Crippen MR) is 74.9 cm³/mol. The van der Waals surface area contributed by atoms with E-state index < -0.39 is 17.7 Å². The summed E-state index contributed by atoms with van der Waals surface area (Å²) in [6.07, 6.45) is 0. The van der Waals surface area contributed by atoms with Gasteiger partial charge in [0.15, 0.2) is 11.6 Å². The summed E-state index contributed by atoms with van der Waals surface area (Å²) in [6.45, 7) is 3.91. The molecule has 2 rings (SSSR count). The fourth-order valence-corrected chi connectivity index (χ4v) is 1.69. The van der Waals surface area contributed by atoms with E-state index in [0.717, 1.165) is 23.3 Å². The molecule has 0 unspecified atom stereocenters. The van der Waals surface area contributed by atoms with Crippen molar-refractivity contribution in [3.05, 3.63) is 59.2 Å². The summed E-state index contributed by atoms with van der Waals surface area (Å²) < 4.78 is 25.8. The molecular formula is C15H14F2N2O. The van der Waals surface area contributed by atoms with Gasteiger partial charge in [0.1, 0.15) is 0 Å². The van der Waals surface area contributed by atoms with Crippen LogP contribution in [0.1, 0.15) is 11.1 Å². The highest BCUT2D eigenvalue weighted by atomic mass is 19.2. The zero-order chi connectivity index (χ0) is 14.7. The van der Waals surface area contributed by atoms with E-state index in [-0.39, 0.29) is 5.69 Å². The topological polar surface area (TPSA) is 41.1 Å². The average molecular weight is 276 g/mol. The summed E-state index contributed by atoms with van der Waals surface area (Å²) in [5.41, 5.74) is 2.99. The summed E-state index contributed by atoms with van der Waals surface area (Å²) in [7, 11) is 0. The third kappa shape index (κ3) is 3.32. The molecule has 0 bridgehead atoms. The number of hydrogen-bond donors (Lipinski definition) is 2. The summed E-state index contributed by atoms with van der Waals surface area (Å²) in [4.78, 5) is 11.7. The van der Waals surface area contributed by atoms with Gasteiger partial charge >= 0.3 is 6.03 Å². The number of halogens is 2. The molecule has 2 aromatic rings. The Labute approximate surface area is 115 Å². The molecular weight excluding hydrogens is 262 g/mol. The molecule has 0 saturated carbocycles. The number of aryl methyl sites for hydroxylation is 2. The van der Waals surface area contributed by atoms with E-state index >= 15 is 0 Å². The smallest absolute Gasteiger partial charge is 0.308 e. The highest BCUT2D eigenvalue weighted by Gasteiger charge is 2.06. The first kappa shape index (κ1) is 14.0. The van der Waals surface area contributed by atoms with Gasteiger partial charge in [0.2, 0.25) is 0 Å². The number of amides is 2. The second-order valence-corrected chi connectivity index (χ2v) is 4.51. The molecule has 20 heavy (non-hydrogen) atoms. The van der Waals surface area contributed by atoms with E-state index in [0.29, 0.717) is 5.69 Å². The maximum atomic E-state index is 13.0. The molecule has 0 aromatic heterocycles. The highest BCUT2D eigenvalue weighted by Crippen LogP contribution is 2.16. The maximum absolute atomic E-state index is 13.0. The largest absolute Gasteiger partial charge is 0.323 e. The number of rotatable bonds is 2. The summed E-state index contributed by atoms with van der Waals surface area (Å²) in [6, 6.07) is 8.16. The van der Waals surface area contributed by atoms with Gasteiger partial charge in [-0.05, 0) is 49.2 Å². The first-order valence-corrected chi connectivity index (χ1v) is 6.06. The Kier molecular flexibility index (Phi) is 3.98. The number of carbonyl (C=O) groups excluding carboxylic acids is 1. The van der Waals surface area contributed by atoms with Gasteiger partial charge in [-0.15, -0.1) is 0 Å². The molecule has 0 spiro atoms. The molecule has 2 N–H and O–H groups in total. The molecule has 3 nitrogen and oxygen atoms in total. The first-order valence-electron chi connectivity index (χ1n) is 6.06. The number of carbonyl (C=O) groups is 1. The Morgan fingerprint density at radius 3 is 2.05 bits per heavy atom. The minimum atomic E-state index is -1.01. The molecule has 0 aliphatic carbocycles. The molecule has 0 heterocycles. The number of anilines is 2. The molecule has 0 atom stereocenters.